The number of carbonyl (C=O) groups is 1. The first-order valence-electron chi connectivity index (χ1n) is 9.80. The van der Waals surface area contributed by atoms with E-state index in [1.54, 1.807) is 16.2 Å². The molecular weight excluding hydrogens is 414 g/mol. The molecule has 0 aliphatic carbocycles. The third kappa shape index (κ3) is 4.39. The van der Waals surface area contributed by atoms with Crippen molar-refractivity contribution in [3.05, 3.63) is 59.1 Å². The van der Waals surface area contributed by atoms with Gasteiger partial charge in [-0.3, -0.25) is 9.89 Å². The van der Waals surface area contributed by atoms with E-state index in [2.05, 4.69) is 45.3 Å². The highest BCUT2D eigenvalue weighted by Gasteiger charge is 2.21. The molecule has 0 bridgehead atoms. The number of para-hydroxylation sites is 1. The monoisotopic (exact) mass is 437 g/mol. The van der Waals surface area contributed by atoms with E-state index >= 15 is 0 Å². The number of hydrogen-bond donors (Lipinski definition) is 1. The zero-order chi connectivity index (χ0) is 21.1. The Balaban J connectivity index is 1.37. The first-order valence-corrected chi connectivity index (χ1v) is 11.6. The second kappa shape index (κ2) is 8.97. The van der Waals surface area contributed by atoms with Crippen molar-refractivity contribution in [2.45, 2.75) is 31.5 Å². The number of nitrogens with one attached hydrogen (secondary N) is 1. The largest absolute Gasteiger partial charge is 0.336 e. The molecule has 2 aromatic heterocycles. The fourth-order valence-corrected chi connectivity index (χ4v) is 4.80. The van der Waals surface area contributed by atoms with Crippen LogP contribution in [0, 0.1) is 0 Å². The number of fused-ring (bicyclic) bond motifs is 1. The summed E-state index contributed by atoms with van der Waals surface area (Å²) in [5, 5.41) is 8.71. The average Bonchev–Trinajstić information content (AvgIpc) is 3.43. The lowest BCUT2D eigenvalue weighted by molar-refractivity contribution is -0.128. The van der Waals surface area contributed by atoms with E-state index in [0.29, 0.717) is 11.0 Å². The highest BCUT2D eigenvalue weighted by Crippen LogP contribution is 2.29. The normalized spacial score (nSPS) is 12.2. The van der Waals surface area contributed by atoms with Gasteiger partial charge in [-0.2, -0.15) is 0 Å². The molecule has 0 saturated carbocycles. The maximum atomic E-state index is 12.7. The SMILES string of the molecule is CCc1ccc(-c2nc(SCC(=O)N(C)[C@H](C)c3nc4ccccc4s3)n[nH]2)cc1. The Morgan fingerprint density at radius 2 is 1.93 bits per heavy atom. The van der Waals surface area contributed by atoms with Crippen molar-refractivity contribution in [1.82, 2.24) is 25.1 Å². The van der Waals surface area contributed by atoms with Crippen molar-refractivity contribution < 1.29 is 4.79 Å². The van der Waals surface area contributed by atoms with Gasteiger partial charge in [-0.15, -0.1) is 16.4 Å². The molecule has 0 aliphatic rings. The van der Waals surface area contributed by atoms with Gasteiger partial charge in [-0.25, -0.2) is 9.97 Å². The van der Waals surface area contributed by atoms with Gasteiger partial charge in [0.05, 0.1) is 22.0 Å². The maximum absolute atomic E-state index is 12.7. The van der Waals surface area contributed by atoms with Crippen LogP contribution in [0.3, 0.4) is 0 Å². The van der Waals surface area contributed by atoms with Gasteiger partial charge in [-0.1, -0.05) is 55.1 Å². The molecule has 30 heavy (non-hydrogen) atoms. The lowest BCUT2D eigenvalue weighted by Gasteiger charge is -2.22. The second-order valence-corrected chi connectivity index (χ2v) is 9.01. The number of benzene rings is 2. The van der Waals surface area contributed by atoms with E-state index < -0.39 is 0 Å². The van der Waals surface area contributed by atoms with Crippen LogP contribution in [0.2, 0.25) is 0 Å². The van der Waals surface area contributed by atoms with Crippen LogP contribution < -0.4 is 0 Å². The topological polar surface area (TPSA) is 74.8 Å². The van der Waals surface area contributed by atoms with Crippen LogP contribution in [-0.4, -0.2) is 43.8 Å². The van der Waals surface area contributed by atoms with Gasteiger partial charge in [0, 0.05) is 12.6 Å². The standard InChI is InChI=1S/C22H23N5OS2/c1-4-15-9-11-16(12-10-15)20-24-22(26-25-20)29-13-19(28)27(3)14(2)21-23-17-7-5-6-8-18(17)30-21/h5-12,14H,4,13H2,1-3H3,(H,24,25,26)/t14-/m1/s1. The minimum atomic E-state index is -0.0877. The van der Waals surface area contributed by atoms with Crippen LogP contribution in [0.15, 0.2) is 53.7 Å². The molecule has 4 rings (SSSR count). The van der Waals surface area contributed by atoms with Crippen LogP contribution in [0.25, 0.3) is 21.6 Å². The van der Waals surface area contributed by atoms with Gasteiger partial charge in [0.15, 0.2) is 5.82 Å². The summed E-state index contributed by atoms with van der Waals surface area (Å²) < 4.78 is 1.13. The van der Waals surface area contributed by atoms with Crippen LogP contribution in [-0.2, 0) is 11.2 Å². The molecule has 1 atom stereocenters. The van der Waals surface area contributed by atoms with Gasteiger partial charge >= 0.3 is 0 Å². The predicted molar refractivity (Wildman–Crippen MR) is 123 cm³/mol. The number of aromatic amines is 1. The summed E-state index contributed by atoms with van der Waals surface area (Å²) in [7, 11) is 1.82. The summed E-state index contributed by atoms with van der Waals surface area (Å²) in [6, 6.07) is 16.2. The van der Waals surface area contributed by atoms with Crippen molar-refractivity contribution in [3.8, 4) is 11.4 Å². The summed E-state index contributed by atoms with van der Waals surface area (Å²) in [6.07, 6.45) is 1.00. The van der Waals surface area contributed by atoms with Gasteiger partial charge in [-0.05, 0) is 31.0 Å². The Morgan fingerprint density at radius 3 is 2.67 bits per heavy atom. The van der Waals surface area contributed by atoms with E-state index in [1.807, 2.05) is 44.3 Å². The average molecular weight is 438 g/mol. The number of thiazole rings is 1. The van der Waals surface area contributed by atoms with E-state index in [0.717, 1.165) is 27.2 Å². The Hall–Kier alpha value is -2.71. The number of carbonyl (C=O) groups excluding carboxylic acids is 1. The predicted octanol–water partition coefficient (Wildman–Crippen LogP) is 4.96. The van der Waals surface area contributed by atoms with Crippen molar-refractivity contribution in [1.29, 1.82) is 0 Å². The molecular formula is C22H23N5OS2. The van der Waals surface area contributed by atoms with Gasteiger partial charge in [0.2, 0.25) is 11.1 Å². The molecule has 0 unspecified atom stereocenters. The molecule has 1 amide bonds. The van der Waals surface area contributed by atoms with Crippen molar-refractivity contribution in [2.75, 3.05) is 12.8 Å². The van der Waals surface area contributed by atoms with E-state index in [1.165, 1.54) is 17.3 Å². The summed E-state index contributed by atoms with van der Waals surface area (Å²) in [5.41, 5.74) is 3.24. The highest BCUT2D eigenvalue weighted by molar-refractivity contribution is 7.99. The van der Waals surface area contributed by atoms with Crippen LogP contribution in [0.4, 0.5) is 0 Å². The molecule has 6 nitrogen and oxygen atoms in total. The molecule has 0 saturated heterocycles. The third-order valence-corrected chi connectivity index (χ3v) is 7.11. The minimum Gasteiger partial charge on any atom is -0.336 e. The number of rotatable bonds is 7. The first kappa shape index (κ1) is 20.6. The number of hydrogen-bond acceptors (Lipinski definition) is 6. The zero-order valence-electron chi connectivity index (χ0n) is 17.1. The number of H-pyrrole nitrogens is 1. The molecule has 0 fully saturated rings. The van der Waals surface area contributed by atoms with Crippen molar-refractivity contribution in [2.24, 2.45) is 0 Å². The van der Waals surface area contributed by atoms with Crippen LogP contribution in [0.1, 0.15) is 30.5 Å². The molecule has 2 heterocycles. The maximum Gasteiger partial charge on any atom is 0.233 e. The molecule has 154 valence electrons. The lowest BCUT2D eigenvalue weighted by Crippen LogP contribution is -2.31. The summed E-state index contributed by atoms with van der Waals surface area (Å²) in [6.45, 7) is 4.13. The molecule has 0 radical (unpaired) electrons. The molecule has 4 aromatic rings. The zero-order valence-corrected chi connectivity index (χ0v) is 18.8. The summed E-state index contributed by atoms with van der Waals surface area (Å²) in [5.74, 6) is 1.01. The second-order valence-electron chi connectivity index (χ2n) is 7.01. The Labute approximate surface area is 183 Å². The smallest absolute Gasteiger partial charge is 0.233 e. The molecule has 0 spiro atoms. The van der Waals surface area contributed by atoms with Crippen LogP contribution >= 0.6 is 23.1 Å². The van der Waals surface area contributed by atoms with Gasteiger partial charge in [0.1, 0.15) is 5.01 Å². The van der Waals surface area contributed by atoms with E-state index in [9.17, 15) is 4.79 Å². The number of aromatic nitrogens is 4. The van der Waals surface area contributed by atoms with E-state index in [4.69, 9.17) is 0 Å². The molecule has 1 N–H and O–H groups in total. The fourth-order valence-electron chi connectivity index (χ4n) is 3.02. The van der Waals surface area contributed by atoms with Gasteiger partial charge in [0.25, 0.3) is 0 Å². The van der Waals surface area contributed by atoms with Gasteiger partial charge < -0.3 is 4.90 Å². The van der Waals surface area contributed by atoms with Crippen LogP contribution in [0.5, 0.6) is 0 Å². The van der Waals surface area contributed by atoms with Crippen molar-refractivity contribution >= 4 is 39.2 Å². The minimum absolute atomic E-state index is 0.0189. The fraction of sp³-hybridized carbons (Fsp3) is 0.273. The highest BCUT2D eigenvalue weighted by atomic mass is 32.2. The number of nitrogens with zero attached hydrogens (tertiary/aromatic N) is 4. The number of thioether (sulfide) groups is 1. The molecule has 0 aliphatic heterocycles. The third-order valence-electron chi connectivity index (χ3n) is 5.07. The summed E-state index contributed by atoms with van der Waals surface area (Å²) in [4.78, 5) is 23.6. The number of aryl methyl sites for hydroxylation is 1. The Bertz CT molecular complexity index is 1120. The Kier molecular flexibility index (Phi) is 6.15. The first-order chi connectivity index (χ1) is 14.5. The number of amides is 1. The quantitative estimate of drug-likeness (QED) is 0.414. The molecule has 8 heteroatoms. The van der Waals surface area contributed by atoms with E-state index in [-0.39, 0.29) is 17.7 Å². The Morgan fingerprint density at radius 1 is 1.17 bits per heavy atom. The molecule has 2 aromatic carbocycles. The summed E-state index contributed by atoms with van der Waals surface area (Å²) >= 11 is 2.96. The lowest BCUT2D eigenvalue weighted by atomic mass is 10.1. The van der Waals surface area contributed by atoms with Crippen molar-refractivity contribution in [3.63, 3.8) is 0 Å².